The zero-order valence-electron chi connectivity index (χ0n) is 14.1. The second-order valence-electron chi connectivity index (χ2n) is 5.57. The highest BCUT2D eigenvalue weighted by Crippen LogP contribution is 2.20. The molecule has 1 rings (SSSR count). The van der Waals surface area contributed by atoms with Gasteiger partial charge >= 0.3 is 0 Å². The first-order valence-electron chi connectivity index (χ1n) is 7.39. The first-order chi connectivity index (χ1) is 10.4. The van der Waals surface area contributed by atoms with E-state index in [-0.39, 0.29) is 34.5 Å². The summed E-state index contributed by atoms with van der Waals surface area (Å²) >= 11 is 1.76. The van der Waals surface area contributed by atoms with Crippen LogP contribution >= 0.6 is 35.7 Å². The highest BCUT2D eigenvalue weighted by atomic mass is 127. The molecule has 0 saturated heterocycles. The van der Waals surface area contributed by atoms with Gasteiger partial charge in [-0.15, -0.1) is 24.0 Å². The fourth-order valence-electron chi connectivity index (χ4n) is 1.73. The summed E-state index contributed by atoms with van der Waals surface area (Å²) in [6, 6.07) is 3.52. The Labute approximate surface area is 159 Å². The van der Waals surface area contributed by atoms with Crippen LogP contribution in [0.2, 0.25) is 0 Å². The van der Waals surface area contributed by atoms with E-state index in [1.54, 1.807) is 11.8 Å². The largest absolute Gasteiger partial charge is 0.357 e. The Kier molecular flexibility index (Phi) is 10.8. The number of rotatable bonds is 7. The van der Waals surface area contributed by atoms with E-state index in [4.69, 9.17) is 0 Å². The van der Waals surface area contributed by atoms with Gasteiger partial charge in [-0.2, -0.15) is 11.8 Å². The Morgan fingerprint density at radius 1 is 1.26 bits per heavy atom. The molecule has 0 bridgehead atoms. The number of guanidine groups is 1. The minimum absolute atomic E-state index is 0. The number of hydrogen-bond acceptors (Lipinski definition) is 2. The number of hydrogen-bond donors (Lipinski definition) is 2. The monoisotopic (exact) mass is 457 g/mol. The SMILES string of the molecule is CCNC(=NCC(C)(C)SC)NCCc1cc(F)ccc1F.I. The van der Waals surface area contributed by atoms with E-state index < -0.39 is 5.82 Å². The molecule has 0 spiro atoms. The number of aliphatic imine (C=N–C) groups is 1. The fraction of sp³-hybridized carbons (Fsp3) is 0.562. The Morgan fingerprint density at radius 3 is 2.57 bits per heavy atom. The van der Waals surface area contributed by atoms with Crippen molar-refractivity contribution in [3.05, 3.63) is 35.4 Å². The molecule has 1 aromatic carbocycles. The molecular weight excluding hydrogens is 431 g/mol. The number of nitrogens with one attached hydrogen (secondary N) is 2. The van der Waals surface area contributed by atoms with Gasteiger partial charge in [-0.05, 0) is 57.2 Å². The summed E-state index contributed by atoms with van der Waals surface area (Å²) in [6.07, 6.45) is 2.46. The van der Waals surface area contributed by atoms with Crippen LogP contribution in [0.15, 0.2) is 23.2 Å². The third-order valence-corrected chi connectivity index (χ3v) is 4.44. The molecule has 1 aromatic rings. The minimum atomic E-state index is -0.418. The Morgan fingerprint density at radius 2 is 1.96 bits per heavy atom. The molecule has 0 aromatic heterocycles. The summed E-state index contributed by atoms with van der Waals surface area (Å²) in [5, 5.41) is 6.31. The smallest absolute Gasteiger partial charge is 0.191 e. The Bertz CT molecular complexity index is 510. The molecule has 0 aliphatic heterocycles. The molecule has 3 nitrogen and oxygen atoms in total. The molecule has 0 aliphatic rings. The Hall–Kier alpha value is -0.570. The molecule has 0 unspecified atom stereocenters. The third kappa shape index (κ3) is 8.74. The number of benzene rings is 1. The molecule has 0 amide bonds. The molecule has 7 heteroatoms. The zero-order chi connectivity index (χ0) is 16.6. The predicted molar refractivity (Wildman–Crippen MR) is 107 cm³/mol. The van der Waals surface area contributed by atoms with Gasteiger partial charge in [0.2, 0.25) is 0 Å². The second kappa shape index (κ2) is 11.1. The standard InChI is InChI=1S/C16H25F2N3S.HI/c1-5-19-15(21-11-16(2,3)22-4)20-9-8-12-10-13(17)6-7-14(12)18;/h6-7,10H,5,8-9,11H2,1-4H3,(H2,19,20,21);1H. The molecular formula is C16H26F2IN3S. The van der Waals surface area contributed by atoms with Crippen LogP contribution in [-0.4, -0.2) is 36.6 Å². The lowest BCUT2D eigenvalue weighted by atomic mass is 10.1. The summed E-state index contributed by atoms with van der Waals surface area (Å²) < 4.78 is 26.7. The summed E-state index contributed by atoms with van der Waals surface area (Å²) in [7, 11) is 0. The van der Waals surface area contributed by atoms with Gasteiger partial charge in [0, 0.05) is 17.8 Å². The quantitative estimate of drug-likeness (QED) is 0.372. The van der Waals surface area contributed by atoms with Crippen molar-refractivity contribution in [1.82, 2.24) is 10.6 Å². The fourth-order valence-corrected chi connectivity index (χ4v) is 1.92. The topological polar surface area (TPSA) is 36.4 Å². The highest BCUT2D eigenvalue weighted by molar-refractivity contribution is 14.0. The van der Waals surface area contributed by atoms with Crippen LogP contribution in [0, 0.1) is 11.6 Å². The number of thioether (sulfide) groups is 1. The lowest BCUT2D eigenvalue weighted by Crippen LogP contribution is -2.39. The zero-order valence-corrected chi connectivity index (χ0v) is 17.2. The maximum atomic E-state index is 13.5. The summed E-state index contributed by atoms with van der Waals surface area (Å²) in [5.74, 6) is -0.103. The molecule has 0 atom stereocenters. The molecule has 132 valence electrons. The molecule has 2 N–H and O–H groups in total. The van der Waals surface area contributed by atoms with Gasteiger partial charge in [0.05, 0.1) is 6.54 Å². The van der Waals surface area contributed by atoms with Gasteiger partial charge in [-0.1, -0.05) is 0 Å². The van der Waals surface area contributed by atoms with Crippen molar-refractivity contribution in [3.63, 3.8) is 0 Å². The third-order valence-electron chi connectivity index (χ3n) is 3.21. The van der Waals surface area contributed by atoms with Crippen LogP contribution in [0.1, 0.15) is 26.3 Å². The minimum Gasteiger partial charge on any atom is -0.357 e. The van der Waals surface area contributed by atoms with Crippen LogP contribution < -0.4 is 10.6 Å². The van der Waals surface area contributed by atoms with E-state index in [1.807, 2.05) is 6.92 Å². The van der Waals surface area contributed by atoms with E-state index in [9.17, 15) is 8.78 Å². The van der Waals surface area contributed by atoms with Gasteiger partial charge in [0.15, 0.2) is 5.96 Å². The average Bonchev–Trinajstić information content (AvgIpc) is 2.48. The van der Waals surface area contributed by atoms with Crippen LogP contribution in [0.5, 0.6) is 0 Å². The Balaban J connectivity index is 0.00000484. The summed E-state index contributed by atoms with van der Waals surface area (Å²) in [5.41, 5.74) is 0.368. The lowest BCUT2D eigenvalue weighted by Gasteiger charge is -2.20. The van der Waals surface area contributed by atoms with Crippen molar-refractivity contribution < 1.29 is 8.78 Å². The van der Waals surface area contributed by atoms with Crippen LogP contribution in [0.4, 0.5) is 8.78 Å². The second-order valence-corrected chi connectivity index (χ2v) is 7.08. The van der Waals surface area contributed by atoms with Crippen molar-refractivity contribution in [2.75, 3.05) is 25.9 Å². The van der Waals surface area contributed by atoms with Crippen molar-refractivity contribution in [1.29, 1.82) is 0 Å². The lowest BCUT2D eigenvalue weighted by molar-refractivity contribution is 0.583. The van der Waals surface area contributed by atoms with Crippen LogP contribution in [0.3, 0.4) is 0 Å². The maximum absolute atomic E-state index is 13.5. The van der Waals surface area contributed by atoms with Gasteiger partial charge in [-0.25, -0.2) is 8.78 Å². The van der Waals surface area contributed by atoms with E-state index in [2.05, 4.69) is 35.7 Å². The normalized spacial score (nSPS) is 11.8. The van der Waals surface area contributed by atoms with Crippen LogP contribution in [0.25, 0.3) is 0 Å². The number of halogens is 3. The van der Waals surface area contributed by atoms with Crippen LogP contribution in [-0.2, 0) is 6.42 Å². The molecule has 23 heavy (non-hydrogen) atoms. The van der Waals surface area contributed by atoms with E-state index in [0.29, 0.717) is 31.0 Å². The molecule has 0 heterocycles. The number of nitrogens with zero attached hydrogens (tertiary/aromatic N) is 1. The first kappa shape index (κ1) is 22.4. The van der Waals surface area contributed by atoms with Crippen molar-refractivity contribution in [3.8, 4) is 0 Å². The average molecular weight is 457 g/mol. The predicted octanol–water partition coefficient (Wildman–Crippen LogP) is 3.82. The molecule has 0 fully saturated rings. The summed E-state index contributed by atoms with van der Waals surface area (Å²) in [6.45, 7) is 8.17. The van der Waals surface area contributed by atoms with E-state index >= 15 is 0 Å². The maximum Gasteiger partial charge on any atom is 0.191 e. The molecule has 0 radical (unpaired) electrons. The van der Waals surface area contributed by atoms with Gasteiger partial charge < -0.3 is 10.6 Å². The van der Waals surface area contributed by atoms with Gasteiger partial charge in [0.1, 0.15) is 11.6 Å². The first-order valence-corrected chi connectivity index (χ1v) is 8.61. The molecule has 0 aliphatic carbocycles. The van der Waals surface area contributed by atoms with E-state index in [0.717, 1.165) is 18.7 Å². The highest BCUT2D eigenvalue weighted by Gasteiger charge is 2.15. The van der Waals surface area contributed by atoms with Gasteiger partial charge in [-0.3, -0.25) is 4.99 Å². The van der Waals surface area contributed by atoms with Crippen molar-refractivity contribution in [2.45, 2.75) is 31.9 Å². The van der Waals surface area contributed by atoms with E-state index in [1.165, 1.54) is 6.07 Å². The van der Waals surface area contributed by atoms with Crippen molar-refractivity contribution in [2.24, 2.45) is 4.99 Å². The summed E-state index contributed by atoms with van der Waals surface area (Å²) in [4.78, 5) is 4.53. The molecule has 0 saturated carbocycles. The van der Waals surface area contributed by atoms with Crippen molar-refractivity contribution >= 4 is 41.7 Å². The van der Waals surface area contributed by atoms with Gasteiger partial charge in [0.25, 0.3) is 0 Å².